The molecule has 6 heteroatoms. The third-order valence-electron chi connectivity index (χ3n) is 4.40. The molecule has 0 spiro atoms. The first kappa shape index (κ1) is 18.9. The van der Waals surface area contributed by atoms with Gasteiger partial charge in [0.1, 0.15) is 0 Å². The van der Waals surface area contributed by atoms with Crippen LogP contribution in [0, 0.1) is 5.92 Å². The summed E-state index contributed by atoms with van der Waals surface area (Å²) >= 11 is 0. The quantitative estimate of drug-likeness (QED) is 0.652. The Morgan fingerprint density at radius 3 is 2.73 bits per heavy atom. The number of carbonyl (C=O) groups is 2. The Morgan fingerprint density at radius 2 is 2.14 bits per heavy atom. The predicted molar refractivity (Wildman–Crippen MR) is 86.3 cm³/mol. The van der Waals surface area contributed by atoms with E-state index in [1.54, 1.807) is 7.11 Å². The van der Waals surface area contributed by atoms with E-state index in [9.17, 15) is 9.59 Å². The molecule has 1 aliphatic heterocycles. The average Bonchev–Trinajstić information content (AvgIpc) is 2.52. The molecule has 1 fully saturated rings. The summed E-state index contributed by atoms with van der Waals surface area (Å²) in [4.78, 5) is 26.4. The van der Waals surface area contributed by atoms with Gasteiger partial charge in [0.25, 0.3) is 0 Å². The number of hydrogen-bond donors (Lipinski definition) is 2. The normalized spacial score (nSPS) is 23.2. The van der Waals surface area contributed by atoms with Gasteiger partial charge in [0.05, 0.1) is 18.4 Å². The van der Waals surface area contributed by atoms with Gasteiger partial charge in [-0.25, -0.2) is 0 Å². The molecule has 0 aromatic rings. The van der Waals surface area contributed by atoms with E-state index in [-0.39, 0.29) is 36.3 Å². The van der Waals surface area contributed by atoms with Gasteiger partial charge < -0.3 is 20.7 Å². The molecule has 3 N–H and O–H groups in total. The van der Waals surface area contributed by atoms with Gasteiger partial charge in [0.15, 0.2) is 0 Å². The molecular formula is C16H31N3O3. The topological polar surface area (TPSA) is 84.7 Å². The molecular weight excluding hydrogens is 282 g/mol. The highest BCUT2D eigenvalue weighted by Gasteiger charge is 2.33. The van der Waals surface area contributed by atoms with Gasteiger partial charge in [-0.3, -0.25) is 9.59 Å². The van der Waals surface area contributed by atoms with Crippen molar-refractivity contribution in [1.29, 1.82) is 0 Å². The van der Waals surface area contributed by atoms with E-state index in [1.165, 1.54) is 0 Å². The number of carbonyl (C=O) groups excluding carboxylic acids is 2. The highest BCUT2D eigenvalue weighted by molar-refractivity contribution is 5.81. The first-order valence-corrected chi connectivity index (χ1v) is 8.33. The minimum atomic E-state index is -0.251. The summed E-state index contributed by atoms with van der Waals surface area (Å²) in [6, 6.07) is 0.169. The highest BCUT2D eigenvalue weighted by atomic mass is 16.5. The van der Waals surface area contributed by atoms with E-state index in [2.05, 4.69) is 12.2 Å². The summed E-state index contributed by atoms with van der Waals surface area (Å²) in [6.07, 6.45) is 3.78. The number of rotatable bonds is 8. The molecule has 0 radical (unpaired) electrons. The fourth-order valence-electron chi connectivity index (χ4n) is 2.78. The van der Waals surface area contributed by atoms with Crippen LogP contribution in [0.2, 0.25) is 0 Å². The predicted octanol–water partition coefficient (Wildman–Crippen LogP) is 0.894. The minimum Gasteiger partial charge on any atom is -0.380 e. The van der Waals surface area contributed by atoms with Crippen molar-refractivity contribution in [2.45, 2.75) is 58.1 Å². The van der Waals surface area contributed by atoms with Crippen molar-refractivity contribution in [2.75, 3.05) is 26.7 Å². The summed E-state index contributed by atoms with van der Waals surface area (Å²) in [5.74, 6) is -0.00741. The number of unbranched alkanes of at least 4 members (excludes halogenated alkanes) is 1. The molecule has 6 nitrogen and oxygen atoms in total. The summed E-state index contributed by atoms with van der Waals surface area (Å²) < 4.78 is 5.18. The Labute approximate surface area is 133 Å². The van der Waals surface area contributed by atoms with Crippen molar-refractivity contribution in [3.8, 4) is 0 Å². The zero-order chi connectivity index (χ0) is 16.5. The fraction of sp³-hybridized carbons (Fsp3) is 0.875. The smallest absolute Gasteiger partial charge is 0.225 e. The van der Waals surface area contributed by atoms with Gasteiger partial charge >= 0.3 is 0 Å². The largest absolute Gasteiger partial charge is 0.380 e. The van der Waals surface area contributed by atoms with Crippen LogP contribution in [0.4, 0.5) is 0 Å². The Kier molecular flexibility index (Phi) is 8.42. The lowest BCUT2D eigenvalue weighted by atomic mass is 9.92. The molecule has 1 heterocycles. The van der Waals surface area contributed by atoms with Gasteiger partial charge in [-0.1, -0.05) is 13.3 Å². The molecule has 128 valence electrons. The van der Waals surface area contributed by atoms with Crippen LogP contribution >= 0.6 is 0 Å². The molecule has 1 saturated heterocycles. The van der Waals surface area contributed by atoms with Crippen LogP contribution in [0.5, 0.6) is 0 Å². The molecule has 1 rings (SSSR count). The van der Waals surface area contributed by atoms with Gasteiger partial charge in [0.2, 0.25) is 11.8 Å². The third-order valence-corrected chi connectivity index (χ3v) is 4.40. The number of ether oxygens (including phenoxy) is 1. The number of methoxy groups -OCH3 is 1. The number of nitrogens with two attached hydrogens (primary N) is 1. The van der Waals surface area contributed by atoms with Gasteiger partial charge in [-0.15, -0.1) is 0 Å². The van der Waals surface area contributed by atoms with Gasteiger partial charge in [0, 0.05) is 32.8 Å². The maximum atomic E-state index is 12.4. The van der Waals surface area contributed by atoms with E-state index < -0.39 is 0 Å². The second kappa shape index (κ2) is 9.79. The van der Waals surface area contributed by atoms with Crippen molar-refractivity contribution < 1.29 is 14.3 Å². The molecule has 3 atom stereocenters. The van der Waals surface area contributed by atoms with E-state index >= 15 is 0 Å². The second-order valence-corrected chi connectivity index (χ2v) is 6.11. The summed E-state index contributed by atoms with van der Waals surface area (Å²) in [7, 11) is 1.56. The maximum absolute atomic E-state index is 12.4. The first-order valence-electron chi connectivity index (χ1n) is 8.33. The van der Waals surface area contributed by atoms with Crippen LogP contribution in [0.25, 0.3) is 0 Å². The van der Waals surface area contributed by atoms with Crippen LogP contribution in [0.3, 0.4) is 0 Å². The molecule has 0 bridgehead atoms. The zero-order valence-corrected chi connectivity index (χ0v) is 14.1. The third kappa shape index (κ3) is 5.57. The van der Waals surface area contributed by atoms with Crippen LogP contribution in [0.15, 0.2) is 0 Å². The van der Waals surface area contributed by atoms with E-state index in [0.29, 0.717) is 19.6 Å². The lowest BCUT2D eigenvalue weighted by Crippen LogP contribution is -2.50. The van der Waals surface area contributed by atoms with Crippen molar-refractivity contribution in [3.63, 3.8) is 0 Å². The van der Waals surface area contributed by atoms with Crippen LogP contribution < -0.4 is 11.1 Å². The first-order chi connectivity index (χ1) is 10.5. The highest BCUT2D eigenvalue weighted by Crippen LogP contribution is 2.23. The molecule has 3 unspecified atom stereocenters. The summed E-state index contributed by atoms with van der Waals surface area (Å²) in [5, 5.41) is 2.97. The average molecular weight is 313 g/mol. The summed E-state index contributed by atoms with van der Waals surface area (Å²) in [5.41, 5.74) is 5.58. The van der Waals surface area contributed by atoms with Crippen LogP contribution in [0.1, 0.15) is 46.0 Å². The van der Waals surface area contributed by atoms with E-state index in [4.69, 9.17) is 10.5 Å². The second-order valence-electron chi connectivity index (χ2n) is 6.11. The Bertz CT molecular complexity index is 359. The van der Waals surface area contributed by atoms with Crippen molar-refractivity contribution in [1.82, 2.24) is 10.2 Å². The lowest BCUT2D eigenvalue weighted by molar-refractivity contribution is -0.140. The van der Waals surface area contributed by atoms with Gasteiger partial charge in [-0.05, 0) is 26.2 Å². The maximum Gasteiger partial charge on any atom is 0.225 e. The SMILES string of the molecule is CCCCNC(=O)C1CCC(C)N(C(=O)CC(CN)OC)C1. The molecule has 0 aromatic heterocycles. The molecule has 1 aliphatic rings. The number of nitrogens with one attached hydrogen (secondary N) is 1. The Hall–Kier alpha value is -1.14. The molecule has 0 aliphatic carbocycles. The minimum absolute atomic E-state index is 0.0239. The van der Waals surface area contributed by atoms with Crippen LogP contribution in [-0.2, 0) is 14.3 Å². The molecule has 2 amide bonds. The standard InChI is InChI=1S/C16H31N3O3/c1-4-5-8-18-16(21)13-7-6-12(2)19(11-13)15(20)9-14(10-17)22-3/h12-14H,4-11,17H2,1-3H3,(H,18,21). The fourth-order valence-corrected chi connectivity index (χ4v) is 2.78. The monoisotopic (exact) mass is 313 g/mol. The Morgan fingerprint density at radius 1 is 1.41 bits per heavy atom. The van der Waals surface area contributed by atoms with Crippen molar-refractivity contribution in [2.24, 2.45) is 11.7 Å². The molecule has 0 aromatic carbocycles. The van der Waals surface area contributed by atoms with E-state index in [0.717, 1.165) is 25.7 Å². The lowest BCUT2D eigenvalue weighted by Gasteiger charge is -2.38. The van der Waals surface area contributed by atoms with Crippen molar-refractivity contribution in [3.05, 3.63) is 0 Å². The number of hydrogen-bond acceptors (Lipinski definition) is 4. The van der Waals surface area contributed by atoms with E-state index in [1.807, 2.05) is 11.8 Å². The number of amides is 2. The molecule has 22 heavy (non-hydrogen) atoms. The van der Waals surface area contributed by atoms with Gasteiger partial charge in [-0.2, -0.15) is 0 Å². The molecule has 0 saturated carbocycles. The number of nitrogens with zero attached hydrogens (tertiary/aromatic N) is 1. The number of likely N-dealkylation sites (tertiary alicyclic amines) is 1. The van der Waals surface area contributed by atoms with Crippen LogP contribution in [-0.4, -0.2) is 55.6 Å². The van der Waals surface area contributed by atoms with Crippen molar-refractivity contribution >= 4 is 11.8 Å². The Balaban J connectivity index is 2.55. The number of piperidine rings is 1. The summed E-state index contributed by atoms with van der Waals surface area (Å²) in [6.45, 7) is 5.67. The zero-order valence-electron chi connectivity index (χ0n) is 14.1.